The number of piperidine rings is 1. The molecule has 3 rings (SSSR count). The van der Waals surface area contributed by atoms with E-state index in [-0.39, 0.29) is 5.91 Å². The van der Waals surface area contributed by atoms with Gasteiger partial charge < -0.3 is 19.4 Å². The van der Waals surface area contributed by atoms with Crippen LogP contribution in [0.4, 0.5) is 4.79 Å². The number of nitrogens with one attached hydrogen (secondary N) is 1. The Labute approximate surface area is 127 Å². The van der Waals surface area contributed by atoms with Gasteiger partial charge in [0.25, 0.3) is 5.91 Å². The van der Waals surface area contributed by atoms with Gasteiger partial charge in [-0.1, -0.05) is 0 Å². The second-order valence-electron chi connectivity index (χ2n) is 5.46. The second-order valence-corrected chi connectivity index (χ2v) is 6.32. The van der Waals surface area contributed by atoms with E-state index < -0.39 is 11.7 Å². The Morgan fingerprint density at radius 3 is 3.10 bits per heavy atom. The zero-order valence-electron chi connectivity index (χ0n) is 11.9. The molecule has 0 radical (unpaired) electrons. The van der Waals surface area contributed by atoms with Crippen molar-refractivity contribution in [1.29, 1.82) is 0 Å². The molecule has 1 aromatic heterocycles. The molecule has 6 nitrogen and oxygen atoms in total. The monoisotopic (exact) mass is 310 g/mol. The lowest BCUT2D eigenvalue weighted by Crippen LogP contribution is -2.52. The highest BCUT2D eigenvalue weighted by Crippen LogP contribution is 2.29. The Hall–Kier alpha value is -1.63. The molecule has 0 saturated carbocycles. The summed E-state index contributed by atoms with van der Waals surface area (Å²) in [6.45, 7) is 1.55. The first-order valence-corrected chi connectivity index (χ1v) is 8.35. The third-order valence-electron chi connectivity index (χ3n) is 3.85. The molecule has 7 heteroatoms. The molecule has 1 aromatic rings. The van der Waals surface area contributed by atoms with Crippen molar-refractivity contribution in [2.24, 2.45) is 0 Å². The van der Waals surface area contributed by atoms with Gasteiger partial charge in [-0.15, -0.1) is 0 Å². The van der Waals surface area contributed by atoms with Crippen LogP contribution in [0.5, 0.6) is 0 Å². The zero-order valence-corrected chi connectivity index (χ0v) is 12.7. The smallest absolute Gasteiger partial charge is 0.407 e. The molecule has 2 saturated heterocycles. The Bertz CT molecular complexity index is 559. The van der Waals surface area contributed by atoms with Gasteiger partial charge in [-0.05, 0) is 31.2 Å². The Morgan fingerprint density at radius 2 is 2.38 bits per heavy atom. The fourth-order valence-electron chi connectivity index (χ4n) is 2.87. The number of carbonyl (C=O) groups excluding carboxylic acids is 2. The van der Waals surface area contributed by atoms with Gasteiger partial charge in [0.15, 0.2) is 5.76 Å². The van der Waals surface area contributed by atoms with Gasteiger partial charge in [-0.25, -0.2) is 4.79 Å². The standard InChI is InChI=1S/C14H18N2O4S/c1-21-7-10-3-4-11(19-10)12(17)16-6-2-5-14(9-16)8-15-13(18)20-14/h3-4H,2,5-9H2,1H3,(H,15,18)/t14-/m1/s1. The van der Waals surface area contributed by atoms with Crippen molar-refractivity contribution < 1.29 is 18.7 Å². The van der Waals surface area contributed by atoms with E-state index >= 15 is 0 Å². The Kier molecular flexibility index (Phi) is 3.84. The van der Waals surface area contributed by atoms with Crippen molar-refractivity contribution in [3.05, 3.63) is 23.7 Å². The van der Waals surface area contributed by atoms with Crippen LogP contribution in [0.15, 0.2) is 16.5 Å². The molecule has 0 unspecified atom stereocenters. The first-order chi connectivity index (χ1) is 10.1. The van der Waals surface area contributed by atoms with Crippen LogP contribution in [0.1, 0.15) is 29.2 Å². The minimum atomic E-state index is -0.570. The molecule has 2 aliphatic rings. The predicted octanol–water partition coefficient (Wildman–Crippen LogP) is 1.86. The van der Waals surface area contributed by atoms with Gasteiger partial charge in [0.05, 0.1) is 18.8 Å². The molecule has 21 heavy (non-hydrogen) atoms. The third kappa shape index (κ3) is 2.88. The Morgan fingerprint density at radius 1 is 1.52 bits per heavy atom. The van der Waals surface area contributed by atoms with Gasteiger partial charge in [0.2, 0.25) is 0 Å². The average molecular weight is 310 g/mol. The van der Waals surface area contributed by atoms with Crippen molar-refractivity contribution in [2.45, 2.75) is 24.2 Å². The van der Waals surface area contributed by atoms with Crippen LogP contribution in [0.2, 0.25) is 0 Å². The van der Waals surface area contributed by atoms with Crippen LogP contribution in [0.25, 0.3) is 0 Å². The molecule has 1 N–H and O–H groups in total. The molecule has 2 amide bonds. The summed E-state index contributed by atoms with van der Waals surface area (Å²) in [4.78, 5) is 25.5. The molecular weight excluding hydrogens is 292 g/mol. The van der Waals surface area contributed by atoms with Gasteiger partial charge in [-0.2, -0.15) is 11.8 Å². The van der Waals surface area contributed by atoms with E-state index in [1.807, 2.05) is 12.3 Å². The van der Waals surface area contributed by atoms with E-state index in [0.29, 0.717) is 25.4 Å². The largest absolute Gasteiger partial charge is 0.455 e. The number of carbonyl (C=O) groups is 2. The summed E-state index contributed by atoms with van der Waals surface area (Å²) in [6.07, 6.45) is 3.19. The quantitative estimate of drug-likeness (QED) is 0.922. The number of alkyl carbamates (subject to hydrolysis) is 1. The fourth-order valence-corrected chi connectivity index (χ4v) is 3.31. The first-order valence-electron chi connectivity index (χ1n) is 6.96. The van der Waals surface area contributed by atoms with Crippen molar-refractivity contribution in [1.82, 2.24) is 10.2 Å². The molecule has 1 spiro atoms. The lowest BCUT2D eigenvalue weighted by atomic mass is 9.93. The molecule has 0 bridgehead atoms. The average Bonchev–Trinajstić information content (AvgIpc) is 3.06. The minimum absolute atomic E-state index is 0.135. The molecule has 3 heterocycles. The number of hydrogen-bond donors (Lipinski definition) is 1. The number of hydrogen-bond acceptors (Lipinski definition) is 5. The molecule has 2 fully saturated rings. The van der Waals surface area contributed by atoms with Crippen LogP contribution in [-0.2, 0) is 10.5 Å². The zero-order chi connectivity index (χ0) is 14.9. The summed E-state index contributed by atoms with van der Waals surface area (Å²) < 4.78 is 10.9. The van der Waals surface area contributed by atoms with Gasteiger partial charge >= 0.3 is 6.09 Å². The molecular formula is C14H18N2O4S. The molecule has 0 aliphatic carbocycles. The van der Waals surface area contributed by atoms with E-state index in [1.165, 1.54) is 0 Å². The van der Waals surface area contributed by atoms with E-state index in [4.69, 9.17) is 9.15 Å². The maximum absolute atomic E-state index is 12.5. The van der Waals surface area contributed by atoms with Crippen LogP contribution in [0.3, 0.4) is 0 Å². The summed E-state index contributed by atoms with van der Waals surface area (Å²) in [5, 5.41) is 2.67. The molecule has 0 aromatic carbocycles. The van der Waals surface area contributed by atoms with E-state index in [9.17, 15) is 9.59 Å². The van der Waals surface area contributed by atoms with E-state index in [2.05, 4.69) is 5.32 Å². The summed E-state index contributed by atoms with van der Waals surface area (Å²) in [5.41, 5.74) is -0.570. The topological polar surface area (TPSA) is 71.8 Å². The summed E-state index contributed by atoms with van der Waals surface area (Å²) in [7, 11) is 0. The maximum atomic E-state index is 12.5. The lowest BCUT2D eigenvalue weighted by Gasteiger charge is -2.37. The highest BCUT2D eigenvalue weighted by atomic mass is 32.2. The van der Waals surface area contributed by atoms with Crippen molar-refractivity contribution in [3.8, 4) is 0 Å². The van der Waals surface area contributed by atoms with E-state index in [1.54, 1.807) is 22.7 Å². The molecule has 114 valence electrons. The van der Waals surface area contributed by atoms with Crippen LogP contribution in [-0.4, -0.2) is 48.4 Å². The number of furan rings is 1. The number of rotatable bonds is 3. The van der Waals surface area contributed by atoms with Gasteiger partial charge in [-0.3, -0.25) is 4.79 Å². The van der Waals surface area contributed by atoms with Crippen molar-refractivity contribution >= 4 is 23.8 Å². The maximum Gasteiger partial charge on any atom is 0.407 e. The lowest BCUT2D eigenvalue weighted by molar-refractivity contribution is -0.00606. The first kappa shape index (κ1) is 14.3. The third-order valence-corrected chi connectivity index (χ3v) is 4.42. The van der Waals surface area contributed by atoms with Crippen LogP contribution in [0, 0.1) is 0 Å². The number of amides is 2. The van der Waals surface area contributed by atoms with Crippen molar-refractivity contribution in [3.63, 3.8) is 0 Å². The molecule has 2 aliphatic heterocycles. The normalized spacial score (nSPS) is 25.0. The second kappa shape index (κ2) is 5.63. The molecule has 1 atom stereocenters. The Balaban J connectivity index is 1.70. The number of likely N-dealkylation sites (tertiary alicyclic amines) is 1. The number of nitrogens with zero attached hydrogens (tertiary/aromatic N) is 1. The predicted molar refractivity (Wildman–Crippen MR) is 78.3 cm³/mol. The van der Waals surface area contributed by atoms with Crippen molar-refractivity contribution in [2.75, 3.05) is 25.9 Å². The summed E-state index contributed by atoms with van der Waals surface area (Å²) >= 11 is 1.65. The van der Waals surface area contributed by atoms with Crippen LogP contribution >= 0.6 is 11.8 Å². The number of thioether (sulfide) groups is 1. The van der Waals surface area contributed by atoms with E-state index in [0.717, 1.165) is 24.4 Å². The summed E-state index contributed by atoms with van der Waals surface area (Å²) in [5.74, 6) is 1.77. The number of ether oxygens (including phenoxy) is 1. The van der Waals surface area contributed by atoms with Crippen LogP contribution < -0.4 is 5.32 Å². The SMILES string of the molecule is CSCc1ccc(C(=O)N2CCC[C@@]3(CNC(=O)O3)C2)o1. The highest BCUT2D eigenvalue weighted by molar-refractivity contribution is 7.97. The summed E-state index contributed by atoms with van der Waals surface area (Å²) in [6, 6.07) is 3.55. The van der Waals surface area contributed by atoms with Gasteiger partial charge in [0, 0.05) is 6.54 Å². The van der Waals surface area contributed by atoms with Gasteiger partial charge in [0.1, 0.15) is 11.4 Å². The fraction of sp³-hybridized carbons (Fsp3) is 0.571. The highest BCUT2D eigenvalue weighted by Gasteiger charge is 2.45. The minimum Gasteiger partial charge on any atom is -0.455 e.